The number of hydrogen-bond acceptors (Lipinski definition) is 1. The standard InChI is InChI=1S/C54H37N/c1-2-10-38(11-3-1)39-20-22-40(23-21-39)41-26-31-48(32-27-41)55(50-16-8-15-46(37-50)53-19-9-14-43-12-4-6-17-51(43)53)49-33-28-42(29-34-49)45-30-35-54-47(36-45)25-24-44-13-5-7-18-52(44)54/h1-37H/i8D,15D,16D,28D,29D,33D,34D,37D. The van der Waals surface area contributed by atoms with Crippen LogP contribution in [-0.2, 0) is 0 Å². The SMILES string of the molecule is [2H]c1c([2H])c(-c2cccc3ccccc23)c([2H])c(N(c2ccc(-c3ccc(-c4ccccc4)cc3)cc2)c2c([2H])c([2H])c(-c3ccc4c(ccc5ccccc54)c3)c([2H])c2[2H])c1[2H]. The Balaban J connectivity index is 1.17. The molecule has 55 heavy (non-hydrogen) atoms. The van der Waals surface area contributed by atoms with Crippen LogP contribution in [0.3, 0.4) is 0 Å². The Morgan fingerprint density at radius 2 is 0.873 bits per heavy atom. The van der Waals surface area contributed by atoms with Crippen molar-refractivity contribution in [3.63, 3.8) is 0 Å². The molecule has 0 aliphatic heterocycles. The van der Waals surface area contributed by atoms with E-state index in [2.05, 4.69) is 24.3 Å². The predicted molar refractivity (Wildman–Crippen MR) is 235 cm³/mol. The van der Waals surface area contributed by atoms with Gasteiger partial charge in [0, 0.05) is 17.1 Å². The van der Waals surface area contributed by atoms with Gasteiger partial charge in [0.2, 0.25) is 0 Å². The second-order valence-electron chi connectivity index (χ2n) is 13.5. The zero-order valence-electron chi connectivity index (χ0n) is 37.7. The smallest absolute Gasteiger partial charge is 0.0651 e. The molecule has 0 radical (unpaired) electrons. The van der Waals surface area contributed by atoms with Crippen molar-refractivity contribution < 1.29 is 11.0 Å². The largest absolute Gasteiger partial charge is 0.310 e. The van der Waals surface area contributed by atoms with Crippen LogP contribution in [0.15, 0.2) is 224 Å². The summed E-state index contributed by atoms with van der Waals surface area (Å²) in [5.74, 6) is 0. The lowest BCUT2D eigenvalue weighted by molar-refractivity contribution is 1.28. The third-order valence-electron chi connectivity index (χ3n) is 10.2. The monoisotopic (exact) mass is 707 g/mol. The lowest BCUT2D eigenvalue weighted by atomic mass is 9.97. The lowest BCUT2D eigenvalue weighted by Gasteiger charge is -2.26. The second-order valence-corrected chi connectivity index (χ2v) is 13.5. The van der Waals surface area contributed by atoms with Gasteiger partial charge in [-0.05, 0) is 119 Å². The highest BCUT2D eigenvalue weighted by atomic mass is 15.1. The van der Waals surface area contributed by atoms with E-state index in [1.54, 1.807) is 18.2 Å². The van der Waals surface area contributed by atoms with Crippen LogP contribution >= 0.6 is 0 Å². The number of hydrogen-bond donors (Lipinski definition) is 0. The minimum Gasteiger partial charge on any atom is -0.310 e. The quantitative estimate of drug-likeness (QED) is 0.149. The van der Waals surface area contributed by atoms with Gasteiger partial charge in [0.15, 0.2) is 0 Å². The summed E-state index contributed by atoms with van der Waals surface area (Å²) in [6.45, 7) is 0. The highest BCUT2D eigenvalue weighted by Gasteiger charge is 2.15. The van der Waals surface area contributed by atoms with E-state index in [1.165, 1.54) is 4.90 Å². The average Bonchev–Trinajstić information content (AvgIpc) is 3.32. The van der Waals surface area contributed by atoms with Gasteiger partial charge in [-0.1, -0.05) is 182 Å². The molecule has 0 saturated carbocycles. The molecule has 0 N–H and O–H groups in total. The van der Waals surface area contributed by atoms with Crippen molar-refractivity contribution in [3.05, 3.63) is 224 Å². The molecule has 0 aliphatic rings. The summed E-state index contributed by atoms with van der Waals surface area (Å²) in [7, 11) is 0. The Kier molecular flexibility index (Phi) is 6.33. The first-order chi connectivity index (χ1) is 30.6. The molecular weight excluding hydrogens is 663 g/mol. The van der Waals surface area contributed by atoms with Crippen LogP contribution in [0, 0.1) is 0 Å². The summed E-state index contributed by atoms with van der Waals surface area (Å²) in [6, 6.07) is 53.7. The zero-order chi connectivity index (χ0) is 43.5. The lowest BCUT2D eigenvalue weighted by Crippen LogP contribution is -2.10. The molecule has 0 saturated heterocycles. The summed E-state index contributed by atoms with van der Waals surface area (Å²) < 4.78 is 75.6. The van der Waals surface area contributed by atoms with Crippen LogP contribution in [0.1, 0.15) is 11.0 Å². The van der Waals surface area contributed by atoms with Gasteiger partial charge >= 0.3 is 0 Å². The number of benzene rings is 10. The molecule has 0 aliphatic carbocycles. The average molecular weight is 708 g/mol. The minimum absolute atomic E-state index is 0.120. The van der Waals surface area contributed by atoms with Crippen molar-refractivity contribution in [2.24, 2.45) is 0 Å². The maximum Gasteiger partial charge on any atom is 0.0651 e. The van der Waals surface area contributed by atoms with Crippen LogP contribution in [0.25, 0.3) is 76.8 Å². The number of nitrogens with zero attached hydrogens (tertiary/aromatic N) is 1. The van der Waals surface area contributed by atoms with E-state index in [0.717, 1.165) is 54.6 Å². The van der Waals surface area contributed by atoms with Gasteiger partial charge in [-0.25, -0.2) is 0 Å². The van der Waals surface area contributed by atoms with E-state index in [-0.39, 0.29) is 58.8 Å². The van der Waals surface area contributed by atoms with E-state index in [9.17, 15) is 8.22 Å². The van der Waals surface area contributed by atoms with E-state index in [0.29, 0.717) is 16.8 Å². The van der Waals surface area contributed by atoms with Crippen LogP contribution in [0.2, 0.25) is 0 Å². The first kappa shape index (κ1) is 24.9. The van der Waals surface area contributed by atoms with Crippen molar-refractivity contribution >= 4 is 49.4 Å². The van der Waals surface area contributed by atoms with Crippen molar-refractivity contribution in [1.29, 1.82) is 0 Å². The summed E-state index contributed by atoms with van der Waals surface area (Å²) in [4.78, 5) is 1.40. The summed E-state index contributed by atoms with van der Waals surface area (Å²) in [6.07, 6.45) is 0. The molecule has 0 heterocycles. The highest BCUT2D eigenvalue weighted by Crippen LogP contribution is 2.40. The second kappa shape index (κ2) is 14.0. The molecule has 1 nitrogen and oxygen atoms in total. The molecule has 258 valence electrons. The number of anilines is 3. The molecular formula is C54H37N. The minimum atomic E-state index is -0.447. The van der Waals surface area contributed by atoms with E-state index in [4.69, 9.17) is 2.74 Å². The van der Waals surface area contributed by atoms with E-state index in [1.807, 2.05) is 133 Å². The third-order valence-corrected chi connectivity index (χ3v) is 10.2. The molecule has 0 bridgehead atoms. The molecule has 10 rings (SSSR count). The zero-order valence-corrected chi connectivity index (χ0v) is 29.7. The molecule has 0 unspecified atom stereocenters. The van der Waals surface area contributed by atoms with Gasteiger partial charge in [0.05, 0.1) is 11.0 Å². The van der Waals surface area contributed by atoms with Gasteiger partial charge in [-0.3, -0.25) is 0 Å². The molecule has 1 heteroatoms. The van der Waals surface area contributed by atoms with Gasteiger partial charge in [-0.2, -0.15) is 0 Å². The van der Waals surface area contributed by atoms with Gasteiger partial charge in [0.25, 0.3) is 0 Å². The van der Waals surface area contributed by atoms with Gasteiger partial charge in [-0.15, -0.1) is 0 Å². The normalized spacial score (nSPS) is 13.3. The van der Waals surface area contributed by atoms with Gasteiger partial charge in [0.1, 0.15) is 0 Å². The number of rotatable bonds is 7. The fourth-order valence-electron chi connectivity index (χ4n) is 7.41. The Hall–Kier alpha value is -7.22. The Labute approximate surface area is 333 Å². The molecule has 0 atom stereocenters. The number of fused-ring (bicyclic) bond motifs is 4. The summed E-state index contributed by atoms with van der Waals surface area (Å²) in [5, 5.41) is 5.67. The van der Waals surface area contributed by atoms with Crippen LogP contribution in [0.5, 0.6) is 0 Å². The maximum absolute atomic E-state index is 9.81. The van der Waals surface area contributed by atoms with Crippen LogP contribution in [0.4, 0.5) is 17.1 Å². The molecule has 0 spiro atoms. The van der Waals surface area contributed by atoms with Crippen molar-refractivity contribution in [3.8, 4) is 44.5 Å². The maximum atomic E-state index is 9.81. The fraction of sp³-hybridized carbons (Fsp3) is 0. The predicted octanol–water partition coefficient (Wildman–Crippen LogP) is 15.3. The van der Waals surface area contributed by atoms with Crippen molar-refractivity contribution in [2.75, 3.05) is 4.90 Å². The van der Waals surface area contributed by atoms with Crippen molar-refractivity contribution in [1.82, 2.24) is 0 Å². The summed E-state index contributed by atoms with van der Waals surface area (Å²) >= 11 is 0. The Morgan fingerprint density at radius 3 is 1.62 bits per heavy atom. The van der Waals surface area contributed by atoms with Gasteiger partial charge < -0.3 is 4.90 Å². The summed E-state index contributed by atoms with van der Waals surface area (Å²) in [5.41, 5.74) is 5.32. The van der Waals surface area contributed by atoms with Crippen molar-refractivity contribution in [2.45, 2.75) is 0 Å². The molecule has 0 aromatic heterocycles. The highest BCUT2D eigenvalue weighted by molar-refractivity contribution is 6.08. The molecule has 0 fully saturated rings. The molecule has 10 aromatic rings. The Morgan fingerprint density at radius 1 is 0.309 bits per heavy atom. The molecule has 10 aromatic carbocycles. The fourth-order valence-corrected chi connectivity index (χ4v) is 7.41. The topological polar surface area (TPSA) is 3.24 Å². The van der Waals surface area contributed by atoms with E-state index >= 15 is 0 Å². The van der Waals surface area contributed by atoms with Crippen LogP contribution < -0.4 is 4.90 Å². The first-order valence-electron chi connectivity index (χ1n) is 22.3. The van der Waals surface area contributed by atoms with E-state index < -0.39 is 12.1 Å². The molecule has 0 amide bonds. The van der Waals surface area contributed by atoms with Crippen LogP contribution in [-0.4, -0.2) is 0 Å². The first-order valence-corrected chi connectivity index (χ1v) is 18.3. The third kappa shape index (κ3) is 6.22. The Bertz CT molecular complexity index is 3390.